The molecule has 23 heavy (non-hydrogen) atoms. The number of aromatic nitrogens is 1. The van der Waals surface area contributed by atoms with Crippen molar-refractivity contribution in [3.8, 4) is 11.3 Å². The van der Waals surface area contributed by atoms with Gasteiger partial charge < -0.3 is 4.74 Å². The first-order valence-corrected chi connectivity index (χ1v) is 7.32. The largest absolute Gasteiger partial charge is 0.465 e. The van der Waals surface area contributed by atoms with E-state index in [1.165, 1.54) is 13.3 Å². The van der Waals surface area contributed by atoms with Crippen molar-refractivity contribution in [2.45, 2.75) is 6.92 Å². The Morgan fingerprint density at radius 2 is 2.00 bits per heavy atom. The highest BCUT2D eigenvalue weighted by Crippen LogP contribution is 2.33. The molecule has 116 valence electrons. The van der Waals surface area contributed by atoms with Crippen LogP contribution in [0.3, 0.4) is 0 Å². The zero-order valence-corrected chi connectivity index (χ0v) is 13.3. The maximum Gasteiger partial charge on any atom is 0.337 e. The summed E-state index contributed by atoms with van der Waals surface area (Å²) in [6, 6.07) is 10.1. The molecule has 0 amide bonds. The van der Waals surface area contributed by atoms with Crippen LogP contribution in [0.25, 0.3) is 22.0 Å². The Morgan fingerprint density at radius 3 is 2.74 bits per heavy atom. The first-order valence-electron chi connectivity index (χ1n) is 6.95. The smallest absolute Gasteiger partial charge is 0.337 e. The van der Waals surface area contributed by atoms with E-state index in [0.717, 1.165) is 0 Å². The van der Waals surface area contributed by atoms with E-state index in [0.29, 0.717) is 38.2 Å². The summed E-state index contributed by atoms with van der Waals surface area (Å²) in [5.41, 5.74) is 1.69. The molecule has 0 saturated carbocycles. The number of nitrogens with zero attached hydrogens (tertiary/aromatic N) is 1. The van der Waals surface area contributed by atoms with Gasteiger partial charge in [-0.15, -0.1) is 0 Å². The van der Waals surface area contributed by atoms with E-state index in [1.54, 1.807) is 43.3 Å². The van der Waals surface area contributed by atoms with Crippen LogP contribution in [-0.4, -0.2) is 18.1 Å². The molecule has 0 saturated heterocycles. The Balaban J connectivity index is 2.34. The minimum absolute atomic E-state index is 0.341. The van der Waals surface area contributed by atoms with Gasteiger partial charge in [-0.05, 0) is 30.7 Å². The topological polar surface area (TPSA) is 39.2 Å². The fourth-order valence-electron chi connectivity index (χ4n) is 2.50. The van der Waals surface area contributed by atoms with E-state index in [1.807, 2.05) is 0 Å². The van der Waals surface area contributed by atoms with Gasteiger partial charge >= 0.3 is 5.97 Å². The Kier molecular flexibility index (Phi) is 4.01. The number of halogens is 2. The third kappa shape index (κ3) is 2.66. The molecule has 0 bridgehead atoms. The van der Waals surface area contributed by atoms with Crippen LogP contribution in [0.15, 0.2) is 42.6 Å². The van der Waals surface area contributed by atoms with Crippen molar-refractivity contribution in [3.05, 3.63) is 64.6 Å². The molecule has 0 atom stereocenters. The van der Waals surface area contributed by atoms with E-state index >= 15 is 0 Å². The minimum Gasteiger partial charge on any atom is -0.465 e. The fraction of sp³-hybridized carbons (Fsp3) is 0.111. The Hall–Kier alpha value is -2.46. The van der Waals surface area contributed by atoms with Crippen LogP contribution in [0, 0.1) is 12.7 Å². The minimum atomic E-state index is -0.470. The predicted molar refractivity (Wildman–Crippen MR) is 88.2 cm³/mol. The molecule has 0 N–H and O–H groups in total. The molecule has 3 rings (SSSR count). The lowest BCUT2D eigenvalue weighted by molar-refractivity contribution is 0.0601. The molecule has 0 unspecified atom stereocenters. The number of methoxy groups -OCH3 is 1. The van der Waals surface area contributed by atoms with E-state index in [9.17, 15) is 9.18 Å². The van der Waals surface area contributed by atoms with Gasteiger partial charge in [-0.25, -0.2) is 9.18 Å². The van der Waals surface area contributed by atoms with Crippen LogP contribution < -0.4 is 0 Å². The van der Waals surface area contributed by atoms with Gasteiger partial charge in [-0.3, -0.25) is 4.98 Å². The number of hydrogen-bond acceptors (Lipinski definition) is 3. The molecule has 1 heterocycles. The maximum atomic E-state index is 14.5. The summed E-state index contributed by atoms with van der Waals surface area (Å²) < 4.78 is 19.2. The second-order valence-electron chi connectivity index (χ2n) is 5.14. The van der Waals surface area contributed by atoms with Crippen molar-refractivity contribution >= 4 is 28.3 Å². The normalized spacial score (nSPS) is 10.8. The highest BCUT2D eigenvalue weighted by molar-refractivity contribution is 6.35. The predicted octanol–water partition coefficient (Wildman–Crippen LogP) is 4.79. The molecule has 1 aromatic heterocycles. The third-order valence-electron chi connectivity index (χ3n) is 3.71. The zero-order chi connectivity index (χ0) is 16.6. The van der Waals surface area contributed by atoms with E-state index < -0.39 is 5.97 Å². The Bertz CT molecular complexity index is 924. The fourth-order valence-corrected chi connectivity index (χ4v) is 2.71. The van der Waals surface area contributed by atoms with Gasteiger partial charge in [0.2, 0.25) is 0 Å². The highest BCUT2D eigenvalue weighted by atomic mass is 35.5. The van der Waals surface area contributed by atoms with Gasteiger partial charge in [0.05, 0.1) is 23.4 Å². The van der Waals surface area contributed by atoms with E-state index in [2.05, 4.69) is 4.98 Å². The van der Waals surface area contributed by atoms with E-state index in [4.69, 9.17) is 16.3 Å². The first kappa shape index (κ1) is 15.4. The number of pyridine rings is 1. The summed E-state index contributed by atoms with van der Waals surface area (Å²) in [5.74, 6) is -0.811. The van der Waals surface area contributed by atoms with Crippen molar-refractivity contribution in [1.29, 1.82) is 0 Å². The monoisotopic (exact) mass is 329 g/mol. The molecule has 0 aliphatic heterocycles. The lowest BCUT2D eigenvalue weighted by Crippen LogP contribution is -2.01. The second kappa shape index (κ2) is 5.97. The Labute approximate surface area is 137 Å². The molecule has 0 spiro atoms. The van der Waals surface area contributed by atoms with Crippen LogP contribution in [0.4, 0.5) is 4.39 Å². The number of ether oxygens (including phenoxy) is 1. The van der Waals surface area contributed by atoms with Crippen molar-refractivity contribution in [2.24, 2.45) is 0 Å². The number of carbonyl (C=O) groups excluding carboxylic acids is 1. The number of hydrogen-bond donors (Lipinski definition) is 0. The summed E-state index contributed by atoms with van der Waals surface area (Å²) in [5, 5.41) is 1.74. The third-order valence-corrected chi connectivity index (χ3v) is 4.01. The van der Waals surface area contributed by atoms with Gasteiger partial charge in [0, 0.05) is 22.5 Å². The van der Waals surface area contributed by atoms with Gasteiger partial charge in [0.1, 0.15) is 5.82 Å². The molecule has 5 heteroatoms. The number of fused-ring (bicyclic) bond motifs is 1. The quantitative estimate of drug-likeness (QED) is 0.634. The lowest BCUT2D eigenvalue weighted by atomic mass is 10.00. The number of aryl methyl sites for hydroxylation is 1. The summed E-state index contributed by atoms with van der Waals surface area (Å²) in [6.07, 6.45) is 1.48. The van der Waals surface area contributed by atoms with Crippen molar-refractivity contribution in [1.82, 2.24) is 4.98 Å². The SMILES string of the molecule is COC(=O)c1ccc2c(Cl)cnc(-c3cccc(C)c3F)c2c1. The lowest BCUT2D eigenvalue weighted by Gasteiger charge is -2.10. The molecule has 0 radical (unpaired) electrons. The molecule has 0 fully saturated rings. The van der Waals surface area contributed by atoms with Gasteiger partial charge in [0.25, 0.3) is 0 Å². The van der Waals surface area contributed by atoms with Gasteiger partial charge in [0.15, 0.2) is 0 Å². The summed E-state index contributed by atoms with van der Waals surface area (Å²) in [7, 11) is 1.31. The van der Waals surface area contributed by atoms with Gasteiger partial charge in [-0.2, -0.15) is 0 Å². The zero-order valence-electron chi connectivity index (χ0n) is 12.6. The van der Waals surface area contributed by atoms with Gasteiger partial charge in [-0.1, -0.05) is 29.8 Å². The molecule has 3 aromatic rings. The molecule has 0 aliphatic carbocycles. The van der Waals surface area contributed by atoms with Crippen LogP contribution in [0.1, 0.15) is 15.9 Å². The number of esters is 1. The van der Waals surface area contributed by atoms with Crippen LogP contribution in [0.2, 0.25) is 5.02 Å². The molecular weight excluding hydrogens is 317 g/mol. The molecule has 2 aromatic carbocycles. The summed E-state index contributed by atoms with van der Waals surface area (Å²) >= 11 is 6.18. The van der Waals surface area contributed by atoms with Crippen molar-refractivity contribution in [3.63, 3.8) is 0 Å². The number of carbonyl (C=O) groups is 1. The molecule has 0 aliphatic rings. The van der Waals surface area contributed by atoms with E-state index in [-0.39, 0.29) is 5.82 Å². The maximum absolute atomic E-state index is 14.5. The Morgan fingerprint density at radius 1 is 1.22 bits per heavy atom. The van der Waals surface area contributed by atoms with Crippen LogP contribution in [0.5, 0.6) is 0 Å². The summed E-state index contributed by atoms with van der Waals surface area (Å²) in [6.45, 7) is 1.69. The van der Waals surface area contributed by atoms with Crippen LogP contribution in [-0.2, 0) is 4.74 Å². The standard InChI is InChI=1S/C18H13ClFNO2/c1-10-4-3-5-13(16(10)20)17-14-8-11(18(22)23-2)6-7-12(14)15(19)9-21-17/h3-9H,1-2H3. The average Bonchev–Trinajstić information content (AvgIpc) is 2.57. The average molecular weight is 330 g/mol. The summed E-state index contributed by atoms with van der Waals surface area (Å²) in [4.78, 5) is 16.0. The first-order chi connectivity index (χ1) is 11.0. The second-order valence-corrected chi connectivity index (χ2v) is 5.55. The number of rotatable bonds is 2. The highest BCUT2D eigenvalue weighted by Gasteiger charge is 2.15. The van der Waals surface area contributed by atoms with Crippen molar-refractivity contribution in [2.75, 3.05) is 7.11 Å². The van der Waals surface area contributed by atoms with Crippen molar-refractivity contribution < 1.29 is 13.9 Å². The molecular formula is C18H13ClFNO2. The van der Waals surface area contributed by atoms with Crippen LogP contribution >= 0.6 is 11.6 Å². The number of benzene rings is 2. The molecule has 3 nitrogen and oxygen atoms in total.